The van der Waals surface area contributed by atoms with Gasteiger partial charge in [-0.25, -0.2) is 0 Å². The molecule has 3 radical (unpaired) electrons. The Morgan fingerprint density at radius 1 is 1.05 bits per heavy atom. The second-order valence-electron chi connectivity index (χ2n) is 5.49. The summed E-state index contributed by atoms with van der Waals surface area (Å²) in [5.41, 5.74) is -0.323. The molecule has 0 spiro atoms. The molecule has 22 heavy (non-hydrogen) atoms. The number of hydrogen-bond donors (Lipinski definition) is 0. The average Bonchev–Trinajstić information content (AvgIpc) is 2.36. The van der Waals surface area contributed by atoms with Gasteiger partial charge in [-0.2, -0.15) is 13.2 Å². The number of rotatable bonds is 7. The van der Waals surface area contributed by atoms with Gasteiger partial charge in [0.05, 0.1) is 24.2 Å². The van der Waals surface area contributed by atoms with E-state index >= 15 is 0 Å². The summed E-state index contributed by atoms with van der Waals surface area (Å²) in [6, 6.07) is 5.00. The molecule has 0 saturated carbocycles. The summed E-state index contributed by atoms with van der Waals surface area (Å²) in [6.45, 7) is 7.15. The monoisotopic (exact) mass is 333 g/mol. The molecule has 0 unspecified atom stereocenters. The average molecular weight is 333 g/mol. The maximum Gasteiger partial charge on any atom is 0.416 e. The molecule has 0 fully saturated rings. The van der Waals surface area contributed by atoms with Crippen molar-refractivity contribution in [3.63, 3.8) is 0 Å². The van der Waals surface area contributed by atoms with Crippen LogP contribution in [-0.2, 0) is 26.5 Å². The summed E-state index contributed by atoms with van der Waals surface area (Å²) in [7, 11) is 2.93. The van der Waals surface area contributed by atoms with Crippen LogP contribution in [-0.4, -0.2) is 28.7 Å². The van der Waals surface area contributed by atoms with Gasteiger partial charge in [-0.3, -0.25) is 0 Å². The van der Waals surface area contributed by atoms with E-state index in [1.165, 1.54) is 6.07 Å². The van der Waals surface area contributed by atoms with Gasteiger partial charge in [0, 0.05) is 0 Å². The van der Waals surface area contributed by atoms with Crippen molar-refractivity contribution in [3.05, 3.63) is 35.4 Å². The third-order valence-electron chi connectivity index (χ3n) is 2.66. The fourth-order valence-electron chi connectivity index (χ4n) is 2.02. The molecule has 7 heteroatoms. The zero-order chi connectivity index (χ0) is 17.0. The molecule has 1 aromatic rings. The third-order valence-corrected chi connectivity index (χ3v) is 2.97. The number of halogens is 3. The second-order valence-corrected chi connectivity index (χ2v) is 5.70. The van der Waals surface area contributed by atoms with Crippen LogP contribution in [0.3, 0.4) is 0 Å². The zero-order valence-corrected chi connectivity index (χ0v) is 14.0. The summed E-state index contributed by atoms with van der Waals surface area (Å²) in [6.07, 6.45) is -4.86. The smallest absolute Gasteiger partial charge is 0.371 e. The lowest BCUT2D eigenvalue weighted by atomic mass is 10.1. The lowest BCUT2D eigenvalue weighted by Crippen LogP contribution is -2.44. The van der Waals surface area contributed by atoms with E-state index < -0.39 is 17.7 Å². The minimum absolute atomic E-state index is 0.0107. The van der Waals surface area contributed by atoms with Gasteiger partial charge in [-0.1, -0.05) is 18.2 Å². The first-order valence-corrected chi connectivity index (χ1v) is 7.35. The molecule has 0 aliphatic rings. The highest BCUT2D eigenvalue weighted by atomic mass is 28.2. The molecule has 0 atom stereocenters. The number of alkyl halides is 3. The molecular weight excluding hydrogens is 313 g/mol. The second kappa shape index (κ2) is 7.59. The Kier molecular flexibility index (Phi) is 6.60. The summed E-state index contributed by atoms with van der Waals surface area (Å²) >= 11 is 0. The third kappa shape index (κ3) is 5.72. The highest BCUT2D eigenvalue weighted by Crippen LogP contribution is 2.31. The largest absolute Gasteiger partial charge is 0.416 e. The van der Waals surface area contributed by atoms with Crippen LogP contribution < -0.4 is 0 Å². The number of hydrogen-bond acceptors (Lipinski definition) is 3. The van der Waals surface area contributed by atoms with Crippen molar-refractivity contribution in [2.45, 2.75) is 58.5 Å². The van der Waals surface area contributed by atoms with Gasteiger partial charge in [0.2, 0.25) is 0 Å². The van der Waals surface area contributed by atoms with Gasteiger partial charge in [0.1, 0.15) is 0 Å². The number of ether oxygens (including phenoxy) is 2. The van der Waals surface area contributed by atoms with Crippen molar-refractivity contribution in [2.24, 2.45) is 0 Å². The molecule has 1 rings (SSSR count). The van der Waals surface area contributed by atoms with Crippen molar-refractivity contribution in [1.29, 1.82) is 0 Å². The quantitative estimate of drug-likeness (QED) is 0.560. The predicted molar refractivity (Wildman–Crippen MR) is 77.2 cm³/mol. The standard InChI is InChI=1S/C15H20F3O3Si/c1-10(2)19-14(21-22,20-11(3)4)9-12-6-5-7-13(8-12)15(16,17)18/h5-8,10-11H,9H2,1-4H3. The van der Waals surface area contributed by atoms with Gasteiger partial charge in [-0.05, 0) is 39.3 Å². The summed E-state index contributed by atoms with van der Waals surface area (Å²) in [5.74, 6) is -1.50. The fourth-order valence-corrected chi connectivity index (χ4v) is 2.19. The van der Waals surface area contributed by atoms with Gasteiger partial charge in [-0.15, -0.1) is 0 Å². The molecule has 0 saturated heterocycles. The van der Waals surface area contributed by atoms with E-state index in [0.29, 0.717) is 5.56 Å². The Hall–Kier alpha value is -0.893. The Morgan fingerprint density at radius 3 is 2.00 bits per heavy atom. The molecule has 0 aliphatic heterocycles. The molecule has 0 heterocycles. The normalized spacial score (nSPS) is 13.2. The lowest BCUT2D eigenvalue weighted by molar-refractivity contribution is -0.365. The van der Waals surface area contributed by atoms with Gasteiger partial charge in [0.15, 0.2) is 0 Å². The van der Waals surface area contributed by atoms with Gasteiger partial charge in [0.25, 0.3) is 16.5 Å². The van der Waals surface area contributed by atoms with E-state index in [0.717, 1.165) is 12.1 Å². The van der Waals surface area contributed by atoms with Crippen LogP contribution in [0.15, 0.2) is 24.3 Å². The minimum atomic E-state index is -4.40. The van der Waals surface area contributed by atoms with E-state index in [-0.39, 0.29) is 18.6 Å². The molecule has 0 amide bonds. The molecule has 0 aromatic heterocycles. The van der Waals surface area contributed by atoms with E-state index in [9.17, 15) is 13.2 Å². The van der Waals surface area contributed by atoms with Crippen molar-refractivity contribution < 1.29 is 27.1 Å². The first-order chi connectivity index (χ1) is 10.1. The Labute approximate surface area is 132 Å². The molecule has 3 nitrogen and oxygen atoms in total. The summed E-state index contributed by atoms with van der Waals surface area (Å²) < 4.78 is 54.9. The van der Waals surface area contributed by atoms with Crippen molar-refractivity contribution in [1.82, 2.24) is 0 Å². The maximum absolute atomic E-state index is 12.8. The summed E-state index contributed by atoms with van der Waals surface area (Å²) in [5, 5.41) is 0. The minimum Gasteiger partial charge on any atom is -0.371 e. The first kappa shape index (κ1) is 19.2. The lowest BCUT2D eigenvalue weighted by Gasteiger charge is -2.35. The zero-order valence-electron chi connectivity index (χ0n) is 13.0. The van der Waals surface area contributed by atoms with Gasteiger partial charge >= 0.3 is 6.18 Å². The van der Waals surface area contributed by atoms with Crippen LogP contribution in [0.5, 0.6) is 0 Å². The SMILES string of the molecule is CC(C)OC(Cc1cccc(C(F)(F)F)c1)(O[Si])OC(C)C. The van der Waals surface area contributed by atoms with Crippen LogP contribution in [0.25, 0.3) is 0 Å². The molecule has 0 N–H and O–H groups in total. The highest BCUT2D eigenvalue weighted by molar-refractivity contribution is 5.98. The van der Waals surface area contributed by atoms with Crippen LogP contribution in [0.1, 0.15) is 38.8 Å². The van der Waals surface area contributed by atoms with Crippen molar-refractivity contribution in [2.75, 3.05) is 0 Å². The van der Waals surface area contributed by atoms with E-state index in [1.807, 2.05) is 0 Å². The Morgan fingerprint density at radius 2 is 1.59 bits per heavy atom. The number of benzene rings is 1. The van der Waals surface area contributed by atoms with Crippen LogP contribution in [0, 0.1) is 0 Å². The van der Waals surface area contributed by atoms with E-state index in [1.54, 1.807) is 33.8 Å². The van der Waals surface area contributed by atoms with Crippen LogP contribution in [0.4, 0.5) is 13.2 Å². The molecule has 0 aliphatic carbocycles. The first-order valence-electron chi connectivity index (χ1n) is 6.94. The fraction of sp³-hybridized carbons (Fsp3) is 0.600. The molecule has 123 valence electrons. The van der Waals surface area contributed by atoms with Gasteiger partial charge < -0.3 is 13.9 Å². The van der Waals surface area contributed by atoms with Crippen LogP contribution >= 0.6 is 0 Å². The Balaban J connectivity index is 3.08. The van der Waals surface area contributed by atoms with Crippen molar-refractivity contribution >= 4 is 10.5 Å². The molecule has 0 bridgehead atoms. The van der Waals surface area contributed by atoms with Crippen molar-refractivity contribution in [3.8, 4) is 0 Å². The Bertz CT molecular complexity index is 465. The van der Waals surface area contributed by atoms with Crippen LogP contribution in [0.2, 0.25) is 0 Å². The maximum atomic E-state index is 12.8. The summed E-state index contributed by atoms with van der Waals surface area (Å²) in [4.78, 5) is 0. The van der Waals surface area contributed by atoms with E-state index in [2.05, 4.69) is 10.5 Å². The van der Waals surface area contributed by atoms with E-state index in [4.69, 9.17) is 13.9 Å². The molecular formula is C15H20F3O3Si. The predicted octanol–water partition coefficient (Wildman–Crippen LogP) is 3.85. The highest BCUT2D eigenvalue weighted by Gasteiger charge is 2.36. The topological polar surface area (TPSA) is 27.7 Å². The molecule has 1 aromatic carbocycles.